The number of hydrogen-bond donors (Lipinski definition) is 0. The molecule has 1 heterocycles. The normalized spacial score (nSPS) is 20.2. The SMILES string of the molecule is CC[C@H]1CN(C(=O)COc2ccc(Cl)cc2)[C@H](C)CN1Cc1ccc(F)cc1. The summed E-state index contributed by atoms with van der Waals surface area (Å²) in [6.07, 6.45) is 0.940. The number of nitrogens with zero attached hydrogens (tertiary/aromatic N) is 2. The number of rotatable bonds is 6. The van der Waals surface area contributed by atoms with Gasteiger partial charge in [-0.2, -0.15) is 0 Å². The molecule has 1 aliphatic heterocycles. The third-order valence-corrected chi connectivity index (χ3v) is 5.47. The van der Waals surface area contributed by atoms with Gasteiger partial charge >= 0.3 is 0 Å². The first-order chi connectivity index (χ1) is 13.5. The van der Waals surface area contributed by atoms with Gasteiger partial charge in [-0.25, -0.2) is 4.39 Å². The highest BCUT2D eigenvalue weighted by Gasteiger charge is 2.33. The summed E-state index contributed by atoms with van der Waals surface area (Å²) in [6, 6.07) is 14.0. The predicted octanol–water partition coefficient (Wildman–Crippen LogP) is 4.37. The highest BCUT2D eigenvalue weighted by atomic mass is 35.5. The van der Waals surface area contributed by atoms with Crippen LogP contribution in [0.1, 0.15) is 25.8 Å². The molecule has 2 aromatic rings. The number of ether oxygens (including phenoxy) is 1. The molecular weight excluding hydrogens is 379 g/mol. The van der Waals surface area contributed by atoms with E-state index in [4.69, 9.17) is 16.3 Å². The Bertz CT molecular complexity index is 782. The van der Waals surface area contributed by atoms with Gasteiger partial charge in [-0.05, 0) is 55.3 Å². The van der Waals surface area contributed by atoms with E-state index in [-0.39, 0.29) is 30.4 Å². The third-order valence-electron chi connectivity index (χ3n) is 5.22. The first kappa shape index (κ1) is 20.6. The molecule has 0 aliphatic carbocycles. The fourth-order valence-corrected chi connectivity index (χ4v) is 3.75. The summed E-state index contributed by atoms with van der Waals surface area (Å²) < 4.78 is 18.8. The van der Waals surface area contributed by atoms with Crippen LogP contribution in [-0.2, 0) is 11.3 Å². The van der Waals surface area contributed by atoms with Gasteiger partial charge in [0.25, 0.3) is 5.91 Å². The van der Waals surface area contributed by atoms with Gasteiger partial charge in [-0.15, -0.1) is 0 Å². The lowest BCUT2D eigenvalue weighted by Gasteiger charge is -2.45. The van der Waals surface area contributed by atoms with Crippen LogP contribution in [0.3, 0.4) is 0 Å². The van der Waals surface area contributed by atoms with Gasteiger partial charge in [-0.3, -0.25) is 9.69 Å². The van der Waals surface area contributed by atoms with Gasteiger partial charge < -0.3 is 9.64 Å². The van der Waals surface area contributed by atoms with Crippen molar-refractivity contribution in [1.82, 2.24) is 9.80 Å². The summed E-state index contributed by atoms with van der Waals surface area (Å²) in [6.45, 7) is 6.41. The Hall–Kier alpha value is -2.11. The Balaban J connectivity index is 1.59. The van der Waals surface area contributed by atoms with Gasteiger partial charge in [0.05, 0.1) is 0 Å². The zero-order valence-corrected chi connectivity index (χ0v) is 17.0. The molecule has 2 aromatic carbocycles. The molecule has 0 aromatic heterocycles. The fraction of sp³-hybridized carbons (Fsp3) is 0.409. The van der Waals surface area contributed by atoms with Crippen molar-refractivity contribution in [2.75, 3.05) is 19.7 Å². The van der Waals surface area contributed by atoms with Crippen molar-refractivity contribution in [2.24, 2.45) is 0 Å². The Morgan fingerprint density at radius 1 is 1.14 bits per heavy atom. The summed E-state index contributed by atoms with van der Waals surface area (Å²) in [5.74, 6) is 0.398. The predicted molar refractivity (Wildman–Crippen MR) is 109 cm³/mol. The lowest BCUT2D eigenvalue weighted by Crippen LogP contribution is -2.59. The molecule has 0 unspecified atom stereocenters. The van der Waals surface area contributed by atoms with E-state index in [1.165, 1.54) is 12.1 Å². The first-order valence-electron chi connectivity index (χ1n) is 9.62. The van der Waals surface area contributed by atoms with Gasteiger partial charge in [0, 0.05) is 36.7 Å². The van der Waals surface area contributed by atoms with E-state index >= 15 is 0 Å². The largest absolute Gasteiger partial charge is 0.484 e. The van der Waals surface area contributed by atoms with Crippen molar-refractivity contribution in [1.29, 1.82) is 0 Å². The monoisotopic (exact) mass is 404 g/mol. The lowest BCUT2D eigenvalue weighted by atomic mass is 10.0. The number of halogens is 2. The maximum absolute atomic E-state index is 13.1. The van der Waals surface area contributed by atoms with Gasteiger partial charge in [0.15, 0.2) is 6.61 Å². The second kappa shape index (κ2) is 9.39. The van der Waals surface area contributed by atoms with Crippen molar-refractivity contribution in [2.45, 2.75) is 38.9 Å². The van der Waals surface area contributed by atoms with E-state index in [0.717, 1.165) is 25.1 Å². The van der Waals surface area contributed by atoms with Crippen LogP contribution in [0, 0.1) is 5.82 Å². The number of piperazine rings is 1. The Morgan fingerprint density at radius 2 is 1.82 bits per heavy atom. The molecular formula is C22H26ClFN2O2. The van der Waals surface area contributed by atoms with Gasteiger partial charge in [-0.1, -0.05) is 30.7 Å². The first-order valence-corrected chi connectivity index (χ1v) is 10.0. The molecule has 0 radical (unpaired) electrons. The minimum Gasteiger partial charge on any atom is -0.484 e. The molecule has 6 heteroatoms. The van der Waals surface area contributed by atoms with Crippen molar-refractivity contribution in [3.8, 4) is 5.75 Å². The number of benzene rings is 2. The molecule has 3 rings (SSSR count). The maximum Gasteiger partial charge on any atom is 0.260 e. The minimum absolute atomic E-state index is 0.0117. The second-order valence-corrected chi connectivity index (χ2v) is 7.69. The highest BCUT2D eigenvalue weighted by Crippen LogP contribution is 2.21. The smallest absolute Gasteiger partial charge is 0.260 e. The van der Waals surface area contributed by atoms with E-state index in [1.807, 2.05) is 17.0 Å². The van der Waals surface area contributed by atoms with Crippen LogP contribution in [0.15, 0.2) is 48.5 Å². The van der Waals surface area contributed by atoms with E-state index in [1.54, 1.807) is 24.3 Å². The standard InChI is InChI=1S/C22H26ClFN2O2/c1-3-20-14-26(22(27)15-28-21-10-6-18(23)7-11-21)16(2)12-25(20)13-17-4-8-19(24)9-5-17/h4-11,16,20H,3,12-15H2,1-2H3/t16-,20+/m1/s1. The summed E-state index contributed by atoms with van der Waals surface area (Å²) in [5.41, 5.74) is 1.08. The van der Waals surface area contributed by atoms with Crippen molar-refractivity contribution < 1.29 is 13.9 Å². The summed E-state index contributed by atoms with van der Waals surface area (Å²) >= 11 is 5.87. The van der Waals surface area contributed by atoms with Crippen LogP contribution in [0.5, 0.6) is 5.75 Å². The van der Waals surface area contributed by atoms with E-state index in [2.05, 4.69) is 18.7 Å². The minimum atomic E-state index is -0.222. The molecule has 28 heavy (non-hydrogen) atoms. The van der Waals surface area contributed by atoms with Crippen molar-refractivity contribution in [3.05, 3.63) is 64.9 Å². The van der Waals surface area contributed by atoms with Crippen LogP contribution in [-0.4, -0.2) is 47.5 Å². The number of carbonyl (C=O) groups excluding carboxylic acids is 1. The van der Waals surface area contributed by atoms with Crippen molar-refractivity contribution >= 4 is 17.5 Å². The fourth-order valence-electron chi connectivity index (χ4n) is 3.62. The number of amides is 1. The zero-order chi connectivity index (χ0) is 20.1. The maximum atomic E-state index is 13.1. The summed E-state index contributed by atoms with van der Waals surface area (Å²) in [4.78, 5) is 17.0. The summed E-state index contributed by atoms with van der Waals surface area (Å²) in [7, 11) is 0. The molecule has 0 N–H and O–H groups in total. The third kappa shape index (κ3) is 5.24. The molecule has 0 spiro atoms. The van der Waals surface area contributed by atoms with E-state index in [9.17, 15) is 9.18 Å². The molecule has 1 fully saturated rings. The lowest BCUT2D eigenvalue weighted by molar-refractivity contribution is -0.139. The summed E-state index contributed by atoms with van der Waals surface area (Å²) in [5, 5.41) is 0.635. The van der Waals surface area contributed by atoms with Crippen LogP contribution in [0.2, 0.25) is 5.02 Å². The Kier molecular flexibility index (Phi) is 6.92. The molecule has 0 saturated carbocycles. The van der Waals surface area contributed by atoms with Gasteiger partial charge in [0.1, 0.15) is 11.6 Å². The van der Waals surface area contributed by atoms with E-state index < -0.39 is 0 Å². The average molecular weight is 405 g/mol. The highest BCUT2D eigenvalue weighted by molar-refractivity contribution is 6.30. The second-order valence-electron chi connectivity index (χ2n) is 7.26. The van der Waals surface area contributed by atoms with E-state index in [0.29, 0.717) is 17.3 Å². The van der Waals surface area contributed by atoms with Crippen molar-refractivity contribution in [3.63, 3.8) is 0 Å². The number of hydrogen-bond acceptors (Lipinski definition) is 3. The zero-order valence-electron chi connectivity index (χ0n) is 16.3. The average Bonchev–Trinajstić information content (AvgIpc) is 2.69. The van der Waals surface area contributed by atoms with Gasteiger partial charge in [0.2, 0.25) is 0 Å². The molecule has 4 nitrogen and oxygen atoms in total. The number of carbonyl (C=O) groups is 1. The molecule has 1 saturated heterocycles. The molecule has 0 bridgehead atoms. The quantitative estimate of drug-likeness (QED) is 0.716. The topological polar surface area (TPSA) is 32.8 Å². The molecule has 150 valence electrons. The molecule has 1 aliphatic rings. The Morgan fingerprint density at radius 3 is 2.46 bits per heavy atom. The van der Waals surface area contributed by atoms with Crippen LogP contribution in [0.4, 0.5) is 4.39 Å². The Labute approximate surface area is 170 Å². The van der Waals surface area contributed by atoms with Crippen LogP contribution >= 0.6 is 11.6 Å². The van der Waals surface area contributed by atoms with Crippen LogP contribution < -0.4 is 4.74 Å². The molecule has 2 atom stereocenters. The van der Waals surface area contributed by atoms with Crippen LogP contribution in [0.25, 0.3) is 0 Å². The molecule has 1 amide bonds.